The number of hydrogen-bond donors (Lipinski definition) is 4. The summed E-state index contributed by atoms with van der Waals surface area (Å²) < 4.78 is 28.1. The van der Waals surface area contributed by atoms with Crippen molar-refractivity contribution in [2.45, 2.75) is 12.5 Å². The first-order chi connectivity index (χ1) is 17.4. The Morgan fingerprint density at radius 3 is 2.64 bits per heavy atom. The second-order valence-corrected chi connectivity index (χ2v) is 9.39. The smallest absolute Gasteiger partial charge is 0.335 e. The highest BCUT2D eigenvalue weighted by Gasteiger charge is 2.33. The molecule has 1 fully saturated rings. The molecule has 0 radical (unpaired) electrons. The lowest BCUT2D eigenvalue weighted by atomic mass is 9.91. The lowest BCUT2D eigenvalue weighted by Gasteiger charge is -2.30. The van der Waals surface area contributed by atoms with E-state index < -0.39 is 11.8 Å². The quantitative estimate of drug-likeness (QED) is 0.240. The number of hydrogen-bond acceptors (Lipinski definition) is 7. The summed E-state index contributed by atoms with van der Waals surface area (Å²) in [5.41, 5.74) is 15.7. The standard InChI is InChI=1S/C27H21FN4O4/c28-18-7-12-5-13(27(33)34)6-17-16-9-23-20(31-19-2-1-14(29)8-22(19)35-23)10-21(16)36-26(24(12)17)25(18)32-4-3-15(30)11-32/h1-2,5-10,15,31H,3-4,11,29-30H2,(H,33,34)/t15-/m0/s1. The van der Waals surface area contributed by atoms with Gasteiger partial charge in [-0.15, -0.1) is 0 Å². The third-order valence-electron chi connectivity index (χ3n) is 6.99. The fourth-order valence-electron chi connectivity index (χ4n) is 5.32. The van der Waals surface area contributed by atoms with Gasteiger partial charge in [-0.2, -0.15) is 0 Å². The fourth-order valence-corrected chi connectivity index (χ4v) is 5.32. The first kappa shape index (κ1) is 20.8. The summed E-state index contributed by atoms with van der Waals surface area (Å²) in [7, 11) is 0. The minimum atomic E-state index is -1.10. The van der Waals surface area contributed by atoms with Gasteiger partial charge >= 0.3 is 5.97 Å². The van der Waals surface area contributed by atoms with Crippen LogP contribution < -0.4 is 31.2 Å². The second kappa shape index (κ2) is 7.25. The Bertz CT molecular complexity index is 1640. The first-order valence-electron chi connectivity index (χ1n) is 11.6. The van der Waals surface area contributed by atoms with Gasteiger partial charge in [0.1, 0.15) is 11.4 Å². The highest BCUT2D eigenvalue weighted by molar-refractivity contribution is 6.10. The Kier molecular flexibility index (Phi) is 4.20. The molecule has 3 aliphatic rings. The number of fused-ring (bicyclic) bond motifs is 4. The number of anilines is 4. The average molecular weight is 484 g/mol. The molecule has 0 bridgehead atoms. The molecule has 4 aromatic rings. The minimum Gasteiger partial charge on any atom is -0.478 e. The Hall–Kier alpha value is -4.50. The van der Waals surface area contributed by atoms with Crippen molar-refractivity contribution >= 4 is 39.5 Å². The van der Waals surface area contributed by atoms with Crippen LogP contribution in [0.15, 0.2) is 48.5 Å². The normalized spacial score (nSPS) is 16.9. The van der Waals surface area contributed by atoms with Crippen LogP contribution in [0.25, 0.3) is 21.9 Å². The molecule has 0 aliphatic carbocycles. The number of nitrogens with two attached hydrogens (primary N) is 2. The molecular formula is C27H21FN4O4. The average Bonchev–Trinajstić information content (AvgIpc) is 3.27. The van der Waals surface area contributed by atoms with Crippen molar-refractivity contribution in [1.29, 1.82) is 0 Å². The summed E-state index contributed by atoms with van der Waals surface area (Å²) in [6, 6.07) is 13.3. The van der Waals surface area contributed by atoms with E-state index in [-0.39, 0.29) is 11.6 Å². The van der Waals surface area contributed by atoms with E-state index in [2.05, 4.69) is 5.32 Å². The van der Waals surface area contributed by atoms with Gasteiger partial charge in [-0.25, -0.2) is 9.18 Å². The summed E-state index contributed by atoms with van der Waals surface area (Å²) in [5, 5.41) is 14.2. The van der Waals surface area contributed by atoms with Crippen molar-refractivity contribution in [3.8, 4) is 34.1 Å². The van der Waals surface area contributed by atoms with E-state index in [1.165, 1.54) is 12.1 Å². The zero-order valence-electron chi connectivity index (χ0n) is 19.0. The van der Waals surface area contributed by atoms with Gasteiger partial charge in [0.15, 0.2) is 23.1 Å². The number of rotatable bonds is 2. The lowest BCUT2D eigenvalue weighted by Crippen LogP contribution is -2.27. The molecule has 0 saturated carbocycles. The van der Waals surface area contributed by atoms with Crippen LogP contribution in [0, 0.1) is 5.82 Å². The Balaban J connectivity index is 1.47. The molecule has 0 amide bonds. The summed E-state index contributed by atoms with van der Waals surface area (Å²) in [4.78, 5) is 13.8. The summed E-state index contributed by atoms with van der Waals surface area (Å²) >= 11 is 0. The first-order valence-corrected chi connectivity index (χ1v) is 11.6. The number of benzene rings is 4. The lowest BCUT2D eigenvalue weighted by molar-refractivity contribution is 0.0697. The van der Waals surface area contributed by atoms with Gasteiger partial charge in [-0.1, -0.05) is 0 Å². The van der Waals surface area contributed by atoms with Crippen molar-refractivity contribution in [1.82, 2.24) is 0 Å². The number of nitrogens with one attached hydrogen (secondary N) is 1. The Morgan fingerprint density at radius 2 is 1.86 bits per heavy atom. The largest absolute Gasteiger partial charge is 0.478 e. The molecule has 9 heteroatoms. The van der Waals surface area contributed by atoms with E-state index in [0.717, 1.165) is 12.1 Å². The third kappa shape index (κ3) is 2.99. The van der Waals surface area contributed by atoms with Crippen molar-refractivity contribution in [2.75, 3.05) is 29.0 Å². The third-order valence-corrected chi connectivity index (χ3v) is 6.99. The number of carboxylic acids is 1. The number of aromatic carboxylic acids is 1. The minimum absolute atomic E-state index is 0.0560. The predicted octanol–water partition coefficient (Wildman–Crippen LogP) is 5.42. The number of carboxylic acid groups (broad SMARTS) is 1. The van der Waals surface area contributed by atoms with Crippen LogP contribution in [0.4, 0.5) is 27.1 Å². The molecule has 4 aromatic carbocycles. The van der Waals surface area contributed by atoms with Crippen LogP contribution in [0.1, 0.15) is 16.8 Å². The summed E-state index contributed by atoms with van der Waals surface area (Å²) in [6.07, 6.45) is 0.747. The summed E-state index contributed by atoms with van der Waals surface area (Å²) in [6.45, 7) is 1.11. The Labute approximate surface area is 204 Å². The molecule has 3 aliphatic heterocycles. The molecule has 7 rings (SSSR count). The van der Waals surface area contributed by atoms with Crippen LogP contribution in [0.3, 0.4) is 0 Å². The highest BCUT2D eigenvalue weighted by atomic mass is 19.1. The predicted molar refractivity (Wildman–Crippen MR) is 135 cm³/mol. The molecule has 0 aromatic heterocycles. The molecule has 0 spiro atoms. The van der Waals surface area contributed by atoms with Gasteiger partial charge in [-0.05, 0) is 53.8 Å². The number of carbonyl (C=O) groups is 1. The van der Waals surface area contributed by atoms with Crippen molar-refractivity contribution < 1.29 is 23.8 Å². The highest BCUT2D eigenvalue weighted by Crippen LogP contribution is 2.55. The van der Waals surface area contributed by atoms with E-state index in [4.69, 9.17) is 20.9 Å². The van der Waals surface area contributed by atoms with E-state index in [9.17, 15) is 9.90 Å². The van der Waals surface area contributed by atoms with Gasteiger partial charge in [0.2, 0.25) is 0 Å². The van der Waals surface area contributed by atoms with E-state index in [0.29, 0.717) is 75.0 Å². The molecule has 36 heavy (non-hydrogen) atoms. The SMILES string of the molecule is Nc1ccc2c(c1)Oc1cc3c(cc1N2)Oc1c(N2CC[C@H](N)C2)c(F)cc2cc(C(=O)O)cc-3c12. The van der Waals surface area contributed by atoms with Crippen molar-refractivity contribution in [3.05, 3.63) is 59.9 Å². The monoisotopic (exact) mass is 484 g/mol. The maximum absolute atomic E-state index is 15.5. The molecular weight excluding hydrogens is 463 g/mol. The Morgan fingerprint density at radius 1 is 1.03 bits per heavy atom. The van der Waals surface area contributed by atoms with Gasteiger partial charge in [0, 0.05) is 47.9 Å². The van der Waals surface area contributed by atoms with Crippen LogP contribution >= 0.6 is 0 Å². The number of ether oxygens (including phenoxy) is 2. The van der Waals surface area contributed by atoms with Gasteiger partial charge in [-0.3, -0.25) is 0 Å². The van der Waals surface area contributed by atoms with Crippen molar-refractivity contribution in [2.24, 2.45) is 5.73 Å². The van der Waals surface area contributed by atoms with Gasteiger partial charge in [0.25, 0.3) is 0 Å². The van der Waals surface area contributed by atoms with Crippen LogP contribution in [-0.2, 0) is 0 Å². The maximum Gasteiger partial charge on any atom is 0.335 e. The van der Waals surface area contributed by atoms with Crippen LogP contribution in [0.2, 0.25) is 0 Å². The topological polar surface area (TPSA) is 123 Å². The molecule has 180 valence electrons. The van der Waals surface area contributed by atoms with E-state index >= 15 is 4.39 Å². The number of nitrogens with zero attached hydrogens (tertiary/aromatic N) is 1. The molecule has 3 heterocycles. The van der Waals surface area contributed by atoms with E-state index in [1.54, 1.807) is 24.3 Å². The van der Waals surface area contributed by atoms with Crippen LogP contribution in [-0.4, -0.2) is 30.2 Å². The maximum atomic E-state index is 15.5. The summed E-state index contributed by atoms with van der Waals surface area (Å²) in [5.74, 6) is 0.380. The molecule has 1 saturated heterocycles. The van der Waals surface area contributed by atoms with E-state index in [1.807, 2.05) is 17.0 Å². The van der Waals surface area contributed by atoms with Crippen molar-refractivity contribution in [3.63, 3.8) is 0 Å². The van der Waals surface area contributed by atoms with Gasteiger partial charge in [0.05, 0.1) is 16.9 Å². The zero-order valence-corrected chi connectivity index (χ0v) is 19.0. The molecule has 0 unspecified atom stereocenters. The zero-order chi connectivity index (χ0) is 24.7. The molecule has 6 N–H and O–H groups in total. The fraction of sp³-hybridized carbons (Fsp3) is 0.148. The molecule has 1 atom stereocenters. The van der Waals surface area contributed by atoms with Gasteiger partial charge < -0.3 is 36.3 Å². The molecule has 8 nitrogen and oxygen atoms in total. The number of nitrogen functional groups attached to an aromatic ring is 1. The van der Waals surface area contributed by atoms with Crippen LogP contribution in [0.5, 0.6) is 23.0 Å². The second-order valence-electron chi connectivity index (χ2n) is 9.39. The number of halogens is 1.